The molecule has 1 saturated heterocycles. The van der Waals surface area contributed by atoms with Gasteiger partial charge in [0.25, 0.3) is 0 Å². The van der Waals surface area contributed by atoms with E-state index in [-0.39, 0.29) is 17.7 Å². The molecule has 2 atom stereocenters. The summed E-state index contributed by atoms with van der Waals surface area (Å²) in [5.74, 6) is 0. The van der Waals surface area contributed by atoms with Crippen molar-refractivity contribution in [2.45, 2.75) is 70.9 Å². The molecule has 136 valence electrons. The first kappa shape index (κ1) is 20.4. The first-order valence-corrected chi connectivity index (χ1v) is 11.2. The largest absolute Gasteiger partial charge is 0.465 e. The molecule has 1 rings (SSSR count). The molecule has 1 aliphatic heterocycles. The highest BCUT2D eigenvalue weighted by molar-refractivity contribution is 6.74. The molecular formula is C16H33NO5Si. The summed E-state index contributed by atoms with van der Waals surface area (Å²) in [4.78, 5) is 12.4. The van der Waals surface area contributed by atoms with E-state index in [9.17, 15) is 15.0 Å². The first-order valence-electron chi connectivity index (χ1n) is 8.31. The Balaban J connectivity index is 2.81. The van der Waals surface area contributed by atoms with Crippen LogP contribution in [0.15, 0.2) is 0 Å². The lowest BCUT2D eigenvalue weighted by molar-refractivity contribution is -0.0996. The molecule has 1 amide bonds. The van der Waals surface area contributed by atoms with Gasteiger partial charge in [0.15, 0.2) is 8.32 Å². The fraction of sp³-hybridized carbons (Fsp3) is 0.938. The maximum atomic E-state index is 11.0. The van der Waals surface area contributed by atoms with Crippen LogP contribution < -0.4 is 0 Å². The highest BCUT2D eigenvalue weighted by Crippen LogP contribution is 2.41. The molecule has 0 saturated carbocycles. The smallest absolute Gasteiger partial charge is 0.407 e. The van der Waals surface area contributed by atoms with E-state index in [4.69, 9.17) is 9.53 Å². The van der Waals surface area contributed by atoms with E-state index in [0.29, 0.717) is 25.9 Å². The second kappa shape index (κ2) is 7.09. The Labute approximate surface area is 140 Å². The zero-order chi connectivity index (χ0) is 18.1. The quantitative estimate of drug-likeness (QED) is 0.665. The number of hydrogen-bond donors (Lipinski definition) is 3. The summed E-state index contributed by atoms with van der Waals surface area (Å²) in [7, 11) is -2.02. The monoisotopic (exact) mass is 347 g/mol. The van der Waals surface area contributed by atoms with Gasteiger partial charge in [0, 0.05) is 18.5 Å². The van der Waals surface area contributed by atoms with Gasteiger partial charge in [0.2, 0.25) is 0 Å². The Morgan fingerprint density at radius 3 is 2.13 bits per heavy atom. The summed E-state index contributed by atoms with van der Waals surface area (Å²) < 4.78 is 6.27. The van der Waals surface area contributed by atoms with Crippen LogP contribution in [0.3, 0.4) is 0 Å². The van der Waals surface area contributed by atoms with Gasteiger partial charge >= 0.3 is 6.09 Å². The molecule has 0 aliphatic carbocycles. The van der Waals surface area contributed by atoms with E-state index in [1.807, 2.05) is 6.92 Å². The third kappa shape index (κ3) is 4.46. The maximum absolute atomic E-state index is 11.0. The minimum Gasteiger partial charge on any atom is -0.465 e. The molecule has 0 aromatic rings. The Morgan fingerprint density at radius 2 is 1.78 bits per heavy atom. The molecule has 6 nitrogen and oxygen atoms in total. The van der Waals surface area contributed by atoms with Gasteiger partial charge in [0.1, 0.15) is 0 Å². The molecule has 0 radical (unpaired) electrons. The number of carboxylic acid groups (broad SMARTS) is 1. The van der Waals surface area contributed by atoms with Gasteiger partial charge in [-0.2, -0.15) is 0 Å². The van der Waals surface area contributed by atoms with Crippen molar-refractivity contribution in [2.75, 3.05) is 19.7 Å². The lowest BCUT2D eigenvalue weighted by Crippen LogP contribution is -2.55. The number of amides is 1. The van der Waals surface area contributed by atoms with E-state index in [1.54, 1.807) is 0 Å². The standard InChI is InChI=1S/C16H33NO5Si/c1-12(22-23(5,6)15(2,3)4)13(19)16(11-18)7-9-17(10-8-16)14(20)21/h12-13,18-19H,7-11H2,1-6H3,(H,20,21). The van der Waals surface area contributed by atoms with Crippen molar-refractivity contribution in [1.82, 2.24) is 4.90 Å². The van der Waals surface area contributed by atoms with Crippen LogP contribution in [0.1, 0.15) is 40.5 Å². The molecule has 0 aromatic heterocycles. The second-order valence-corrected chi connectivity index (χ2v) is 13.1. The second-order valence-electron chi connectivity index (χ2n) is 8.32. The average Bonchev–Trinajstić information content (AvgIpc) is 2.44. The van der Waals surface area contributed by atoms with E-state index >= 15 is 0 Å². The van der Waals surface area contributed by atoms with Crippen LogP contribution in [-0.4, -0.2) is 66.5 Å². The third-order valence-corrected chi connectivity index (χ3v) is 10.3. The molecule has 1 fully saturated rings. The molecular weight excluding hydrogens is 314 g/mol. The van der Waals surface area contributed by atoms with Crippen molar-refractivity contribution in [3.63, 3.8) is 0 Å². The zero-order valence-corrected chi connectivity index (χ0v) is 16.3. The van der Waals surface area contributed by atoms with Crippen molar-refractivity contribution in [1.29, 1.82) is 0 Å². The van der Waals surface area contributed by atoms with Crippen LogP contribution in [0.25, 0.3) is 0 Å². The predicted molar refractivity (Wildman–Crippen MR) is 92.1 cm³/mol. The van der Waals surface area contributed by atoms with Crippen molar-refractivity contribution in [3.05, 3.63) is 0 Å². The number of aliphatic hydroxyl groups is 2. The molecule has 23 heavy (non-hydrogen) atoms. The minimum absolute atomic E-state index is 0.0417. The van der Waals surface area contributed by atoms with Gasteiger partial charge < -0.3 is 24.6 Å². The first-order chi connectivity index (χ1) is 10.4. The number of piperidine rings is 1. The predicted octanol–water partition coefficient (Wildman–Crippen LogP) is 2.51. The number of rotatable bonds is 5. The van der Waals surface area contributed by atoms with E-state index in [0.717, 1.165) is 0 Å². The number of carbonyl (C=O) groups is 1. The Kier molecular flexibility index (Phi) is 6.29. The molecule has 1 heterocycles. The van der Waals surface area contributed by atoms with Crippen LogP contribution in [0.4, 0.5) is 4.79 Å². The van der Waals surface area contributed by atoms with Crippen LogP contribution in [0.5, 0.6) is 0 Å². The lowest BCUT2D eigenvalue weighted by Gasteiger charge is -2.47. The Morgan fingerprint density at radius 1 is 1.30 bits per heavy atom. The maximum Gasteiger partial charge on any atom is 0.407 e. The number of aliphatic hydroxyl groups excluding tert-OH is 2. The van der Waals surface area contributed by atoms with Gasteiger partial charge in [-0.25, -0.2) is 4.79 Å². The van der Waals surface area contributed by atoms with Crippen molar-refractivity contribution in [2.24, 2.45) is 5.41 Å². The summed E-state index contributed by atoms with van der Waals surface area (Å²) in [6.45, 7) is 13.1. The fourth-order valence-electron chi connectivity index (χ4n) is 2.89. The summed E-state index contributed by atoms with van der Waals surface area (Å²) in [5.41, 5.74) is -0.687. The number of nitrogens with zero attached hydrogens (tertiary/aromatic N) is 1. The van der Waals surface area contributed by atoms with Crippen molar-refractivity contribution >= 4 is 14.4 Å². The van der Waals surface area contributed by atoms with E-state index in [1.165, 1.54) is 4.90 Å². The van der Waals surface area contributed by atoms with Crippen LogP contribution in [-0.2, 0) is 4.43 Å². The third-order valence-electron chi connectivity index (χ3n) is 5.70. The topological polar surface area (TPSA) is 90.2 Å². The minimum atomic E-state index is -2.02. The Hall–Kier alpha value is -0.633. The normalized spacial score (nSPS) is 21.8. The van der Waals surface area contributed by atoms with E-state index < -0.39 is 25.9 Å². The number of likely N-dealkylation sites (tertiary alicyclic amines) is 1. The lowest BCUT2D eigenvalue weighted by atomic mass is 9.73. The van der Waals surface area contributed by atoms with Gasteiger partial charge in [-0.05, 0) is 37.9 Å². The zero-order valence-electron chi connectivity index (χ0n) is 15.3. The molecule has 0 aromatic carbocycles. The summed E-state index contributed by atoms with van der Waals surface area (Å²) in [6.07, 6.45) is -1.25. The number of hydrogen-bond acceptors (Lipinski definition) is 4. The summed E-state index contributed by atoms with van der Waals surface area (Å²) in [6, 6.07) is 0. The van der Waals surface area contributed by atoms with Crippen molar-refractivity contribution < 1.29 is 24.5 Å². The average molecular weight is 348 g/mol. The van der Waals surface area contributed by atoms with Gasteiger partial charge in [0.05, 0.1) is 18.8 Å². The van der Waals surface area contributed by atoms with Crippen LogP contribution >= 0.6 is 0 Å². The van der Waals surface area contributed by atoms with Crippen LogP contribution in [0, 0.1) is 5.41 Å². The fourth-order valence-corrected chi connectivity index (χ4v) is 4.31. The van der Waals surface area contributed by atoms with E-state index in [2.05, 4.69) is 33.9 Å². The Bertz CT molecular complexity index is 413. The highest BCUT2D eigenvalue weighted by atomic mass is 28.4. The highest BCUT2D eigenvalue weighted by Gasteiger charge is 2.46. The van der Waals surface area contributed by atoms with Crippen molar-refractivity contribution in [3.8, 4) is 0 Å². The van der Waals surface area contributed by atoms with Crippen LogP contribution in [0.2, 0.25) is 18.1 Å². The molecule has 0 bridgehead atoms. The molecule has 7 heteroatoms. The molecule has 1 aliphatic rings. The molecule has 0 spiro atoms. The van der Waals surface area contributed by atoms with Gasteiger partial charge in [-0.15, -0.1) is 0 Å². The SMILES string of the molecule is CC(O[Si](C)(C)C(C)(C)C)C(O)C1(CO)CCN(C(=O)O)CC1. The van der Waals surface area contributed by atoms with Gasteiger partial charge in [-0.3, -0.25) is 0 Å². The molecule has 2 unspecified atom stereocenters. The van der Waals surface area contributed by atoms with Gasteiger partial charge in [-0.1, -0.05) is 20.8 Å². The summed E-state index contributed by atoms with van der Waals surface area (Å²) in [5, 5.41) is 29.8. The molecule has 3 N–H and O–H groups in total. The summed E-state index contributed by atoms with van der Waals surface area (Å²) >= 11 is 0.